The van der Waals surface area contributed by atoms with Crippen LogP contribution in [-0.4, -0.2) is 24.6 Å². The molecule has 1 N–H and O–H groups in total. The Morgan fingerprint density at radius 1 is 1.23 bits per heavy atom. The fourth-order valence-electron chi connectivity index (χ4n) is 2.22. The van der Waals surface area contributed by atoms with Gasteiger partial charge in [0.1, 0.15) is 16.8 Å². The monoisotopic (exact) mass is 372 g/mol. The van der Waals surface area contributed by atoms with Gasteiger partial charge in [0.15, 0.2) is 12.7 Å². The Kier molecular flexibility index (Phi) is 6.75. The minimum atomic E-state index is -1.000. The summed E-state index contributed by atoms with van der Waals surface area (Å²) in [4.78, 5) is 24.1. The van der Waals surface area contributed by atoms with E-state index < -0.39 is 18.0 Å². The van der Waals surface area contributed by atoms with E-state index in [0.29, 0.717) is 16.3 Å². The first-order valence-corrected chi connectivity index (χ1v) is 9.00. The van der Waals surface area contributed by atoms with Crippen LogP contribution in [-0.2, 0) is 14.3 Å². The van der Waals surface area contributed by atoms with Crippen LogP contribution in [0, 0.1) is 11.3 Å². The first-order chi connectivity index (χ1) is 12.4. The number of rotatable bonds is 7. The standard InChI is InChI=1S/C19H20N2O4S/c1-12(2)15-6-4-5-7-16(15)24-11-17(22)25-13(3)18(23)21-19-14(10-20)8-9-26-19/h4-9,12-13H,11H2,1-3H3,(H,21,23)/t13-/m0/s1. The van der Waals surface area contributed by atoms with Crippen molar-refractivity contribution in [3.63, 3.8) is 0 Å². The molecule has 7 heteroatoms. The van der Waals surface area contributed by atoms with Crippen molar-refractivity contribution in [1.29, 1.82) is 5.26 Å². The van der Waals surface area contributed by atoms with E-state index in [1.807, 2.05) is 38.1 Å². The third-order valence-electron chi connectivity index (χ3n) is 3.59. The van der Waals surface area contributed by atoms with E-state index in [4.69, 9.17) is 14.7 Å². The third kappa shape index (κ3) is 5.07. The summed E-state index contributed by atoms with van der Waals surface area (Å²) < 4.78 is 10.6. The molecule has 0 radical (unpaired) electrons. The summed E-state index contributed by atoms with van der Waals surface area (Å²) in [6, 6.07) is 11.1. The molecule has 1 heterocycles. The lowest BCUT2D eigenvalue weighted by atomic mass is 10.0. The lowest BCUT2D eigenvalue weighted by Gasteiger charge is -2.15. The molecule has 1 atom stereocenters. The van der Waals surface area contributed by atoms with Gasteiger partial charge in [-0.15, -0.1) is 11.3 Å². The second-order valence-electron chi connectivity index (χ2n) is 5.88. The quantitative estimate of drug-likeness (QED) is 0.749. The average Bonchev–Trinajstić information content (AvgIpc) is 3.07. The summed E-state index contributed by atoms with van der Waals surface area (Å²) in [6.45, 7) is 5.25. The Balaban J connectivity index is 1.87. The molecular formula is C19H20N2O4S. The molecule has 0 bridgehead atoms. The van der Waals surface area contributed by atoms with Crippen LogP contribution in [0.2, 0.25) is 0 Å². The van der Waals surface area contributed by atoms with Gasteiger partial charge in [-0.2, -0.15) is 5.26 Å². The van der Waals surface area contributed by atoms with Gasteiger partial charge in [-0.05, 0) is 35.9 Å². The molecule has 0 fully saturated rings. The highest BCUT2D eigenvalue weighted by Crippen LogP contribution is 2.26. The lowest BCUT2D eigenvalue weighted by molar-refractivity contribution is -0.155. The van der Waals surface area contributed by atoms with E-state index in [-0.39, 0.29) is 12.5 Å². The first kappa shape index (κ1) is 19.5. The van der Waals surface area contributed by atoms with E-state index in [0.717, 1.165) is 5.56 Å². The van der Waals surface area contributed by atoms with Gasteiger partial charge in [0.2, 0.25) is 0 Å². The fourth-order valence-corrected chi connectivity index (χ4v) is 2.96. The number of esters is 1. The average molecular weight is 372 g/mol. The van der Waals surface area contributed by atoms with Gasteiger partial charge in [-0.25, -0.2) is 4.79 Å². The van der Waals surface area contributed by atoms with E-state index in [1.165, 1.54) is 18.3 Å². The molecule has 0 saturated heterocycles. The highest BCUT2D eigenvalue weighted by molar-refractivity contribution is 7.14. The van der Waals surface area contributed by atoms with Crippen molar-refractivity contribution >= 4 is 28.2 Å². The second-order valence-corrected chi connectivity index (χ2v) is 6.79. The summed E-state index contributed by atoms with van der Waals surface area (Å²) in [7, 11) is 0. The van der Waals surface area contributed by atoms with Crippen molar-refractivity contribution in [3.8, 4) is 11.8 Å². The van der Waals surface area contributed by atoms with E-state index >= 15 is 0 Å². The Bertz CT molecular complexity index is 823. The number of amides is 1. The SMILES string of the molecule is CC(C)c1ccccc1OCC(=O)O[C@@H](C)C(=O)Nc1sccc1C#N. The van der Waals surface area contributed by atoms with Crippen LogP contribution >= 0.6 is 11.3 Å². The van der Waals surface area contributed by atoms with Gasteiger partial charge in [0, 0.05) is 0 Å². The Morgan fingerprint density at radius 3 is 2.65 bits per heavy atom. The Morgan fingerprint density at radius 2 is 1.96 bits per heavy atom. The number of hydrogen-bond acceptors (Lipinski definition) is 6. The van der Waals surface area contributed by atoms with Crippen molar-refractivity contribution in [3.05, 3.63) is 46.8 Å². The maximum Gasteiger partial charge on any atom is 0.344 e. The number of nitriles is 1. The normalized spacial score (nSPS) is 11.5. The van der Waals surface area contributed by atoms with Gasteiger partial charge in [0.25, 0.3) is 5.91 Å². The third-order valence-corrected chi connectivity index (χ3v) is 4.42. The maximum absolute atomic E-state index is 12.1. The molecule has 1 aromatic heterocycles. The topological polar surface area (TPSA) is 88.4 Å². The molecule has 0 spiro atoms. The predicted octanol–water partition coefficient (Wildman–Crippen LogP) is 3.69. The van der Waals surface area contributed by atoms with Gasteiger partial charge >= 0.3 is 5.97 Å². The summed E-state index contributed by atoms with van der Waals surface area (Å²) >= 11 is 1.23. The summed E-state index contributed by atoms with van der Waals surface area (Å²) in [5.74, 6) is -0.265. The van der Waals surface area contributed by atoms with Crippen molar-refractivity contribution in [1.82, 2.24) is 0 Å². The molecule has 2 aromatic rings. The molecule has 136 valence electrons. The van der Waals surface area contributed by atoms with Gasteiger partial charge in [0.05, 0.1) is 5.56 Å². The number of nitrogens with zero attached hydrogens (tertiary/aromatic N) is 1. The van der Waals surface area contributed by atoms with Gasteiger partial charge in [-0.1, -0.05) is 32.0 Å². The molecule has 0 aliphatic heterocycles. The summed E-state index contributed by atoms with van der Waals surface area (Å²) in [6.07, 6.45) is -1.000. The number of thiophene rings is 1. The van der Waals surface area contributed by atoms with Crippen molar-refractivity contribution in [2.75, 3.05) is 11.9 Å². The number of ether oxygens (including phenoxy) is 2. The van der Waals surface area contributed by atoms with Gasteiger partial charge < -0.3 is 14.8 Å². The zero-order chi connectivity index (χ0) is 19.1. The first-order valence-electron chi connectivity index (χ1n) is 8.12. The van der Waals surface area contributed by atoms with E-state index in [9.17, 15) is 9.59 Å². The molecule has 26 heavy (non-hydrogen) atoms. The number of nitrogens with one attached hydrogen (secondary N) is 1. The number of hydrogen-bond donors (Lipinski definition) is 1. The van der Waals surface area contributed by atoms with Crippen LogP contribution in [0.4, 0.5) is 5.00 Å². The number of carbonyl (C=O) groups is 2. The molecule has 0 saturated carbocycles. The number of carbonyl (C=O) groups excluding carboxylic acids is 2. The van der Waals surface area contributed by atoms with Crippen molar-refractivity contribution in [2.45, 2.75) is 32.8 Å². The molecule has 1 aromatic carbocycles. The number of benzene rings is 1. The van der Waals surface area contributed by atoms with Gasteiger partial charge in [-0.3, -0.25) is 4.79 Å². The highest BCUT2D eigenvalue weighted by Gasteiger charge is 2.20. The van der Waals surface area contributed by atoms with Crippen LogP contribution < -0.4 is 10.1 Å². The summed E-state index contributed by atoms with van der Waals surface area (Å²) in [5, 5.41) is 13.7. The van der Waals surface area contributed by atoms with Crippen LogP contribution in [0.1, 0.15) is 37.8 Å². The number of para-hydroxylation sites is 1. The second kappa shape index (κ2) is 9.02. The Labute approximate surface area is 156 Å². The molecule has 0 aliphatic carbocycles. The predicted molar refractivity (Wildman–Crippen MR) is 99.2 cm³/mol. The molecule has 6 nitrogen and oxygen atoms in total. The zero-order valence-electron chi connectivity index (χ0n) is 14.8. The molecule has 1 amide bonds. The highest BCUT2D eigenvalue weighted by atomic mass is 32.1. The number of anilines is 1. The fraction of sp³-hybridized carbons (Fsp3) is 0.316. The minimum Gasteiger partial charge on any atom is -0.482 e. The van der Waals surface area contributed by atoms with Crippen molar-refractivity contribution in [2.24, 2.45) is 0 Å². The van der Waals surface area contributed by atoms with Crippen LogP contribution in [0.5, 0.6) is 5.75 Å². The van der Waals surface area contributed by atoms with Crippen LogP contribution in [0.3, 0.4) is 0 Å². The molecule has 0 unspecified atom stereocenters. The van der Waals surface area contributed by atoms with E-state index in [2.05, 4.69) is 5.32 Å². The van der Waals surface area contributed by atoms with Crippen LogP contribution in [0.25, 0.3) is 0 Å². The van der Waals surface area contributed by atoms with Crippen molar-refractivity contribution < 1.29 is 19.1 Å². The molecule has 0 aliphatic rings. The maximum atomic E-state index is 12.1. The molecule has 2 rings (SSSR count). The largest absolute Gasteiger partial charge is 0.482 e. The minimum absolute atomic E-state index is 0.257. The zero-order valence-corrected chi connectivity index (χ0v) is 15.6. The summed E-state index contributed by atoms with van der Waals surface area (Å²) in [5.41, 5.74) is 1.36. The lowest BCUT2D eigenvalue weighted by Crippen LogP contribution is -2.31. The Hall–Kier alpha value is -2.85. The van der Waals surface area contributed by atoms with Crippen LogP contribution in [0.15, 0.2) is 35.7 Å². The smallest absolute Gasteiger partial charge is 0.344 e. The van der Waals surface area contributed by atoms with E-state index in [1.54, 1.807) is 17.5 Å². The molecular weight excluding hydrogens is 352 g/mol.